The molecular weight excluding hydrogens is 190 g/mol. The maximum Gasteiger partial charge on any atom is 0.0843 e. The first-order valence-electron chi connectivity index (χ1n) is 5.36. The third-order valence-corrected chi connectivity index (χ3v) is 2.98. The van der Waals surface area contributed by atoms with Gasteiger partial charge in [-0.25, -0.2) is 0 Å². The van der Waals surface area contributed by atoms with E-state index in [9.17, 15) is 0 Å². The predicted molar refractivity (Wildman–Crippen MR) is 59.8 cm³/mol. The average molecular weight is 211 g/mol. The van der Waals surface area contributed by atoms with Crippen LogP contribution in [0, 0.1) is 11.8 Å². The highest BCUT2D eigenvalue weighted by atomic mass is 15.4. The standard InChI is InChI=1S/C10H21N5/c1-7(2)8(3)10(12-11)5-9-6-15(4)14-13-9/h6-8,10,12H,5,11H2,1-4H3. The first-order valence-corrected chi connectivity index (χ1v) is 5.36. The summed E-state index contributed by atoms with van der Waals surface area (Å²) < 4.78 is 1.71. The molecule has 0 aliphatic carbocycles. The van der Waals surface area contributed by atoms with Gasteiger partial charge in [0.15, 0.2) is 0 Å². The number of hydrazine groups is 1. The molecule has 0 saturated heterocycles. The van der Waals surface area contributed by atoms with Crippen molar-refractivity contribution in [3.63, 3.8) is 0 Å². The van der Waals surface area contributed by atoms with E-state index in [0.717, 1.165) is 12.1 Å². The van der Waals surface area contributed by atoms with Crippen molar-refractivity contribution in [3.8, 4) is 0 Å². The van der Waals surface area contributed by atoms with Gasteiger partial charge in [-0.3, -0.25) is 16.0 Å². The lowest BCUT2D eigenvalue weighted by Crippen LogP contribution is -2.43. The molecule has 1 aromatic rings. The Hall–Kier alpha value is -0.940. The average Bonchev–Trinajstić information content (AvgIpc) is 2.59. The number of aryl methyl sites for hydroxylation is 1. The molecule has 0 saturated carbocycles. The molecule has 5 nitrogen and oxygen atoms in total. The molecule has 0 radical (unpaired) electrons. The van der Waals surface area contributed by atoms with Crippen LogP contribution in [0.25, 0.3) is 0 Å². The zero-order valence-electron chi connectivity index (χ0n) is 9.94. The van der Waals surface area contributed by atoms with Crippen LogP contribution >= 0.6 is 0 Å². The van der Waals surface area contributed by atoms with Gasteiger partial charge in [-0.1, -0.05) is 26.0 Å². The largest absolute Gasteiger partial charge is 0.271 e. The molecule has 3 N–H and O–H groups in total. The maximum absolute atomic E-state index is 5.56. The Balaban J connectivity index is 2.61. The molecule has 0 aliphatic heterocycles. The Morgan fingerprint density at radius 2 is 2.13 bits per heavy atom. The van der Waals surface area contributed by atoms with Gasteiger partial charge in [-0.2, -0.15) is 0 Å². The summed E-state index contributed by atoms with van der Waals surface area (Å²) in [6.45, 7) is 6.60. The minimum Gasteiger partial charge on any atom is -0.271 e. The van der Waals surface area contributed by atoms with E-state index < -0.39 is 0 Å². The number of rotatable bonds is 5. The first kappa shape index (κ1) is 12.1. The molecule has 1 heterocycles. The predicted octanol–water partition coefficient (Wildman–Crippen LogP) is 0.482. The molecule has 2 atom stereocenters. The van der Waals surface area contributed by atoms with Crippen LogP contribution in [0.5, 0.6) is 0 Å². The Bertz CT molecular complexity index is 294. The van der Waals surface area contributed by atoms with Crippen molar-refractivity contribution in [2.24, 2.45) is 24.7 Å². The van der Waals surface area contributed by atoms with E-state index >= 15 is 0 Å². The van der Waals surface area contributed by atoms with Crippen LogP contribution in [0.2, 0.25) is 0 Å². The number of hydrogen-bond donors (Lipinski definition) is 2. The first-order chi connectivity index (χ1) is 7.04. The Morgan fingerprint density at radius 1 is 1.47 bits per heavy atom. The summed E-state index contributed by atoms with van der Waals surface area (Å²) in [4.78, 5) is 0. The lowest BCUT2D eigenvalue weighted by atomic mass is 9.88. The van der Waals surface area contributed by atoms with E-state index in [-0.39, 0.29) is 6.04 Å². The van der Waals surface area contributed by atoms with Crippen LogP contribution in [0.3, 0.4) is 0 Å². The molecule has 2 unspecified atom stereocenters. The highest BCUT2D eigenvalue weighted by molar-refractivity contribution is 4.96. The number of nitrogens with two attached hydrogens (primary N) is 1. The minimum atomic E-state index is 0.252. The van der Waals surface area contributed by atoms with Crippen LogP contribution < -0.4 is 11.3 Å². The highest BCUT2D eigenvalue weighted by Gasteiger charge is 2.20. The molecule has 1 rings (SSSR count). The maximum atomic E-state index is 5.56. The second-order valence-electron chi connectivity index (χ2n) is 4.46. The van der Waals surface area contributed by atoms with E-state index in [2.05, 4.69) is 36.5 Å². The normalized spacial score (nSPS) is 15.6. The molecule has 0 bridgehead atoms. The summed E-state index contributed by atoms with van der Waals surface area (Å²) >= 11 is 0. The fourth-order valence-corrected chi connectivity index (χ4v) is 1.58. The van der Waals surface area contributed by atoms with E-state index in [1.54, 1.807) is 4.68 Å². The lowest BCUT2D eigenvalue weighted by molar-refractivity contribution is 0.298. The molecular formula is C10H21N5. The molecule has 5 heteroatoms. The van der Waals surface area contributed by atoms with Gasteiger partial charge < -0.3 is 0 Å². The van der Waals surface area contributed by atoms with Gasteiger partial charge in [-0.05, 0) is 11.8 Å². The molecule has 0 amide bonds. The number of nitrogens with zero attached hydrogens (tertiary/aromatic N) is 3. The SMILES string of the molecule is CC(C)C(C)C(Cc1cn(C)nn1)NN. The number of hydrogen-bond acceptors (Lipinski definition) is 4. The fourth-order valence-electron chi connectivity index (χ4n) is 1.58. The summed E-state index contributed by atoms with van der Waals surface area (Å²) in [6, 6.07) is 0.252. The lowest BCUT2D eigenvalue weighted by Gasteiger charge is -2.25. The quantitative estimate of drug-likeness (QED) is 0.549. The molecule has 0 aromatic carbocycles. The molecule has 0 aliphatic rings. The van der Waals surface area contributed by atoms with Crippen molar-refractivity contribution in [2.45, 2.75) is 33.2 Å². The number of aromatic nitrogens is 3. The molecule has 0 fully saturated rings. The van der Waals surface area contributed by atoms with Crippen molar-refractivity contribution in [1.82, 2.24) is 20.4 Å². The van der Waals surface area contributed by atoms with Gasteiger partial charge in [0.25, 0.3) is 0 Å². The van der Waals surface area contributed by atoms with E-state index in [0.29, 0.717) is 11.8 Å². The Kier molecular flexibility index (Phi) is 4.23. The highest BCUT2D eigenvalue weighted by Crippen LogP contribution is 2.16. The summed E-state index contributed by atoms with van der Waals surface area (Å²) in [7, 11) is 1.87. The Morgan fingerprint density at radius 3 is 2.53 bits per heavy atom. The summed E-state index contributed by atoms with van der Waals surface area (Å²) in [6.07, 6.45) is 2.75. The number of nitrogens with one attached hydrogen (secondary N) is 1. The third kappa shape index (κ3) is 3.28. The zero-order valence-corrected chi connectivity index (χ0v) is 9.94. The second-order valence-corrected chi connectivity index (χ2v) is 4.46. The van der Waals surface area contributed by atoms with E-state index in [4.69, 9.17) is 5.84 Å². The van der Waals surface area contributed by atoms with Gasteiger partial charge >= 0.3 is 0 Å². The molecule has 0 spiro atoms. The van der Waals surface area contributed by atoms with E-state index in [1.165, 1.54) is 0 Å². The monoisotopic (exact) mass is 211 g/mol. The molecule has 1 aromatic heterocycles. The fraction of sp³-hybridized carbons (Fsp3) is 0.800. The molecule has 15 heavy (non-hydrogen) atoms. The van der Waals surface area contributed by atoms with Crippen molar-refractivity contribution < 1.29 is 0 Å². The zero-order chi connectivity index (χ0) is 11.4. The van der Waals surface area contributed by atoms with Gasteiger partial charge in [0.1, 0.15) is 0 Å². The van der Waals surface area contributed by atoms with Gasteiger partial charge in [0.2, 0.25) is 0 Å². The van der Waals surface area contributed by atoms with Crippen molar-refractivity contribution in [1.29, 1.82) is 0 Å². The van der Waals surface area contributed by atoms with Crippen LogP contribution in [-0.2, 0) is 13.5 Å². The second kappa shape index (κ2) is 5.23. The van der Waals surface area contributed by atoms with Crippen LogP contribution in [0.1, 0.15) is 26.5 Å². The van der Waals surface area contributed by atoms with Gasteiger partial charge in [0.05, 0.1) is 5.69 Å². The van der Waals surface area contributed by atoms with Gasteiger partial charge in [-0.15, -0.1) is 5.10 Å². The van der Waals surface area contributed by atoms with Crippen molar-refractivity contribution >= 4 is 0 Å². The third-order valence-electron chi connectivity index (χ3n) is 2.98. The summed E-state index contributed by atoms with van der Waals surface area (Å²) in [5, 5.41) is 7.97. The van der Waals surface area contributed by atoms with Crippen molar-refractivity contribution in [3.05, 3.63) is 11.9 Å². The van der Waals surface area contributed by atoms with Crippen LogP contribution in [0.4, 0.5) is 0 Å². The summed E-state index contributed by atoms with van der Waals surface area (Å²) in [5.74, 6) is 6.67. The molecule has 86 valence electrons. The van der Waals surface area contributed by atoms with Crippen molar-refractivity contribution in [2.75, 3.05) is 0 Å². The van der Waals surface area contributed by atoms with E-state index in [1.807, 2.05) is 13.2 Å². The van der Waals surface area contributed by atoms with Gasteiger partial charge in [0, 0.05) is 25.7 Å². The summed E-state index contributed by atoms with van der Waals surface area (Å²) in [5.41, 5.74) is 3.84. The Labute approximate surface area is 91.0 Å². The smallest absolute Gasteiger partial charge is 0.0843 e. The van der Waals surface area contributed by atoms with Crippen LogP contribution in [-0.4, -0.2) is 21.0 Å². The van der Waals surface area contributed by atoms with Crippen LogP contribution in [0.15, 0.2) is 6.20 Å². The minimum absolute atomic E-state index is 0.252. The topological polar surface area (TPSA) is 68.8 Å².